The summed E-state index contributed by atoms with van der Waals surface area (Å²) in [5.74, 6) is 3.82. The van der Waals surface area contributed by atoms with Crippen LogP contribution in [0, 0.1) is 23.7 Å². The minimum atomic E-state index is -3.80. The van der Waals surface area contributed by atoms with Crippen molar-refractivity contribution in [3.05, 3.63) is 60.2 Å². The van der Waals surface area contributed by atoms with Crippen LogP contribution in [0.4, 0.5) is 11.4 Å². The molecule has 33 heavy (non-hydrogen) atoms. The minimum absolute atomic E-state index is 0.290. The normalized spacial score (nSPS) is 28.2. The van der Waals surface area contributed by atoms with Gasteiger partial charge >= 0.3 is 10.2 Å². The molecule has 6 nitrogen and oxygen atoms in total. The molecule has 0 spiro atoms. The van der Waals surface area contributed by atoms with Gasteiger partial charge in [-0.1, -0.05) is 30.3 Å². The van der Waals surface area contributed by atoms with E-state index in [1.165, 1.54) is 51.8 Å². The lowest BCUT2D eigenvalue weighted by Crippen LogP contribution is -2.44. The van der Waals surface area contributed by atoms with Crippen molar-refractivity contribution in [2.75, 3.05) is 30.3 Å². The predicted molar refractivity (Wildman–Crippen MR) is 131 cm³/mol. The van der Waals surface area contributed by atoms with E-state index in [-0.39, 0.29) is 12.5 Å². The van der Waals surface area contributed by atoms with Crippen LogP contribution in [-0.2, 0) is 15.0 Å². The van der Waals surface area contributed by atoms with Crippen LogP contribution in [-0.4, -0.2) is 39.3 Å². The van der Waals surface area contributed by atoms with Crippen molar-refractivity contribution in [1.29, 1.82) is 0 Å². The third-order valence-electron chi connectivity index (χ3n) is 7.88. The molecular formula is C26H33N3O3S. The van der Waals surface area contributed by atoms with Gasteiger partial charge in [-0.25, -0.2) is 4.31 Å². The van der Waals surface area contributed by atoms with Gasteiger partial charge in [-0.2, -0.15) is 12.7 Å². The molecule has 0 aromatic heterocycles. The highest BCUT2D eigenvalue weighted by molar-refractivity contribution is 7.90. The summed E-state index contributed by atoms with van der Waals surface area (Å²) in [5.41, 5.74) is 2.55. The van der Waals surface area contributed by atoms with E-state index in [1.54, 1.807) is 24.3 Å². The van der Waals surface area contributed by atoms with Crippen LogP contribution in [0.15, 0.2) is 54.6 Å². The number of anilines is 2. The van der Waals surface area contributed by atoms with E-state index < -0.39 is 10.2 Å². The zero-order valence-electron chi connectivity index (χ0n) is 19.4. The number of hydrogen-bond donors (Lipinski definition) is 1. The Balaban J connectivity index is 1.28. The molecule has 0 atom stereocenters. The number of nitrogens with one attached hydrogen (secondary N) is 1. The first-order chi connectivity index (χ1) is 15.8. The highest BCUT2D eigenvalue weighted by Gasteiger charge is 2.48. The van der Waals surface area contributed by atoms with Gasteiger partial charge in [0.2, 0.25) is 5.91 Å². The average Bonchev–Trinajstić information content (AvgIpc) is 2.78. The quantitative estimate of drug-likeness (QED) is 0.653. The maximum Gasteiger partial charge on any atom is 0.304 e. The van der Waals surface area contributed by atoms with Gasteiger partial charge in [0.05, 0.1) is 5.69 Å². The van der Waals surface area contributed by atoms with Gasteiger partial charge in [-0.05, 0) is 91.5 Å². The summed E-state index contributed by atoms with van der Waals surface area (Å²) in [4.78, 5) is 12.8. The molecular weight excluding hydrogens is 434 g/mol. The Bertz CT molecular complexity index is 1070. The Labute approximate surface area is 197 Å². The number of para-hydroxylation sites is 1. The van der Waals surface area contributed by atoms with Gasteiger partial charge < -0.3 is 5.32 Å². The summed E-state index contributed by atoms with van der Waals surface area (Å²) in [6.07, 6.45) is 6.98. The molecule has 4 saturated carbocycles. The Morgan fingerprint density at radius 2 is 1.45 bits per heavy atom. The molecule has 2 aromatic rings. The fraction of sp³-hybridized carbons (Fsp3) is 0.500. The monoisotopic (exact) mass is 467 g/mol. The molecule has 4 bridgehead atoms. The molecule has 0 saturated heterocycles. The first-order valence-corrected chi connectivity index (χ1v) is 13.4. The second-order valence-corrected chi connectivity index (χ2v) is 12.3. The van der Waals surface area contributed by atoms with Crippen LogP contribution in [0.3, 0.4) is 0 Å². The van der Waals surface area contributed by atoms with E-state index in [2.05, 4.69) is 17.4 Å². The van der Waals surface area contributed by atoms with E-state index >= 15 is 0 Å². The zero-order chi connectivity index (χ0) is 23.2. The molecule has 7 heteroatoms. The smallest absolute Gasteiger partial charge is 0.304 e. The third-order valence-corrected chi connectivity index (χ3v) is 9.70. The van der Waals surface area contributed by atoms with E-state index in [0.29, 0.717) is 17.3 Å². The minimum Gasteiger partial charge on any atom is -0.325 e. The lowest BCUT2D eigenvalue weighted by molar-refractivity contribution is -0.114. The largest absolute Gasteiger partial charge is 0.325 e. The number of hydrogen-bond acceptors (Lipinski definition) is 3. The summed E-state index contributed by atoms with van der Waals surface area (Å²) in [5, 5.41) is 2.88. The molecule has 4 aliphatic rings. The van der Waals surface area contributed by atoms with Crippen LogP contribution in [0.1, 0.15) is 43.6 Å². The van der Waals surface area contributed by atoms with Gasteiger partial charge in [-0.15, -0.1) is 0 Å². The molecule has 6 rings (SSSR count). The van der Waals surface area contributed by atoms with Gasteiger partial charge in [0, 0.05) is 19.8 Å². The van der Waals surface area contributed by atoms with Crippen molar-refractivity contribution in [2.45, 2.75) is 38.0 Å². The van der Waals surface area contributed by atoms with Gasteiger partial charge in [0.15, 0.2) is 0 Å². The van der Waals surface area contributed by atoms with Crippen LogP contribution in [0.5, 0.6) is 0 Å². The summed E-state index contributed by atoms with van der Waals surface area (Å²) < 4.78 is 27.9. The maximum atomic E-state index is 12.8. The Morgan fingerprint density at radius 1 is 0.879 bits per heavy atom. The number of benzene rings is 2. The van der Waals surface area contributed by atoms with E-state index in [1.807, 2.05) is 18.2 Å². The average molecular weight is 468 g/mol. The molecule has 0 radical (unpaired) electrons. The highest BCUT2D eigenvalue weighted by atomic mass is 32.2. The van der Waals surface area contributed by atoms with Crippen molar-refractivity contribution >= 4 is 27.5 Å². The molecule has 0 unspecified atom stereocenters. The Hall–Kier alpha value is -2.38. The molecule has 1 N–H and O–H groups in total. The van der Waals surface area contributed by atoms with Gasteiger partial charge in [0.25, 0.3) is 0 Å². The fourth-order valence-corrected chi connectivity index (χ4v) is 7.75. The zero-order valence-corrected chi connectivity index (χ0v) is 20.2. The van der Waals surface area contributed by atoms with Gasteiger partial charge in [-0.3, -0.25) is 4.79 Å². The molecule has 0 heterocycles. The second kappa shape index (κ2) is 8.76. The van der Waals surface area contributed by atoms with Gasteiger partial charge in [0.1, 0.15) is 6.54 Å². The lowest BCUT2D eigenvalue weighted by atomic mass is 9.51. The van der Waals surface area contributed by atoms with Crippen LogP contribution in [0.2, 0.25) is 0 Å². The molecule has 4 aliphatic carbocycles. The highest BCUT2D eigenvalue weighted by Crippen LogP contribution is 2.59. The van der Waals surface area contributed by atoms with E-state index in [4.69, 9.17) is 0 Å². The molecule has 1 amide bonds. The molecule has 176 valence electrons. The lowest BCUT2D eigenvalue weighted by Gasteiger charge is -2.54. The molecule has 4 fully saturated rings. The second-order valence-electron chi connectivity index (χ2n) is 10.3. The number of carbonyl (C=O) groups is 1. The predicted octanol–water partition coefficient (Wildman–Crippen LogP) is 4.48. The van der Waals surface area contributed by atoms with E-state index in [9.17, 15) is 13.2 Å². The van der Waals surface area contributed by atoms with Crippen LogP contribution < -0.4 is 9.62 Å². The summed E-state index contributed by atoms with van der Waals surface area (Å²) in [6, 6.07) is 17.0. The number of carbonyl (C=O) groups excluding carboxylic acids is 1. The standard InChI is InChI=1S/C26H33N3O3S/c1-28(2)33(31,32)29(24-6-4-3-5-7-24)17-25(30)27-23-10-8-20(9-11-23)26-21-13-18-12-19(15-21)16-22(26)14-18/h3-11,18-19,21-22,26H,12-17H2,1-2H3,(H,27,30). The summed E-state index contributed by atoms with van der Waals surface area (Å²) in [6.45, 7) is -0.290. The Morgan fingerprint density at radius 3 is 2.00 bits per heavy atom. The summed E-state index contributed by atoms with van der Waals surface area (Å²) in [7, 11) is -0.876. The Kier molecular flexibility index (Phi) is 5.95. The third kappa shape index (κ3) is 4.41. The van der Waals surface area contributed by atoms with Crippen LogP contribution >= 0.6 is 0 Å². The maximum absolute atomic E-state index is 12.8. The molecule has 0 aliphatic heterocycles. The van der Waals surface area contributed by atoms with Crippen molar-refractivity contribution in [3.63, 3.8) is 0 Å². The number of amides is 1. The number of rotatable bonds is 7. The van der Waals surface area contributed by atoms with Crippen molar-refractivity contribution < 1.29 is 13.2 Å². The van der Waals surface area contributed by atoms with Crippen molar-refractivity contribution in [2.24, 2.45) is 23.7 Å². The molecule has 2 aromatic carbocycles. The van der Waals surface area contributed by atoms with Crippen molar-refractivity contribution in [1.82, 2.24) is 4.31 Å². The van der Waals surface area contributed by atoms with Crippen molar-refractivity contribution in [3.8, 4) is 0 Å². The number of nitrogens with zero attached hydrogens (tertiary/aromatic N) is 2. The summed E-state index contributed by atoms with van der Waals surface area (Å²) >= 11 is 0. The van der Waals surface area contributed by atoms with Crippen LogP contribution in [0.25, 0.3) is 0 Å². The fourth-order valence-electron chi connectivity index (χ4n) is 6.69. The topological polar surface area (TPSA) is 69.7 Å². The first-order valence-electron chi connectivity index (χ1n) is 12.0. The van der Waals surface area contributed by atoms with E-state index in [0.717, 1.165) is 32.3 Å². The SMILES string of the molecule is CN(C)S(=O)(=O)N(CC(=O)Nc1ccc(C2C3CC4CC(C3)CC2C4)cc1)c1ccccc1. The first kappa shape index (κ1) is 22.4.